The number of halogens is 4. The summed E-state index contributed by atoms with van der Waals surface area (Å²) in [4.78, 5) is 10.9. The molecule has 0 saturated heterocycles. The van der Waals surface area contributed by atoms with Crippen LogP contribution in [-0.2, 0) is 11.2 Å². The van der Waals surface area contributed by atoms with Gasteiger partial charge < -0.3 is 9.84 Å². The Bertz CT molecular complexity index is 487. The number of alkyl halides is 3. The molecule has 0 fully saturated rings. The number of ether oxygens (including phenoxy) is 1. The quantitative estimate of drug-likeness (QED) is 0.863. The molecule has 0 aromatic heterocycles. The van der Waals surface area contributed by atoms with Gasteiger partial charge in [-0.2, -0.15) is 13.2 Å². The van der Waals surface area contributed by atoms with E-state index in [1.165, 1.54) is 0 Å². The average molecular weight is 325 g/mol. The summed E-state index contributed by atoms with van der Waals surface area (Å²) >= 11 is 3.09. The van der Waals surface area contributed by atoms with Crippen molar-refractivity contribution in [1.82, 2.24) is 0 Å². The van der Waals surface area contributed by atoms with Crippen LogP contribution >= 0.6 is 15.9 Å². The Balaban J connectivity index is 2.44. The number of para-hydroxylation sites is 1. The molecule has 3 nitrogen and oxygen atoms in total. The Kier molecular flexibility index (Phi) is 3.27. The monoisotopic (exact) mass is 324 g/mol. The van der Waals surface area contributed by atoms with Crippen molar-refractivity contribution in [2.24, 2.45) is 5.92 Å². The lowest BCUT2D eigenvalue weighted by atomic mass is 9.90. The van der Waals surface area contributed by atoms with E-state index in [9.17, 15) is 18.0 Å². The lowest BCUT2D eigenvalue weighted by Gasteiger charge is -2.32. The molecule has 1 aliphatic rings. The number of rotatable bonds is 1. The molecule has 0 bridgehead atoms. The lowest BCUT2D eigenvalue weighted by Crippen LogP contribution is -2.47. The molecule has 0 saturated carbocycles. The molecule has 1 heterocycles. The number of fused-ring (bicyclic) bond motifs is 1. The molecular formula is C11H8BrF3O3. The van der Waals surface area contributed by atoms with Gasteiger partial charge in [0.1, 0.15) is 11.7 Å². The van der Waals surface area contributed by atoms with Crippen molar-refractivity contribution in [3.63, 3.8) is 0 Å². The average Bonchev–Trinajstić information content (AvgIpc) is 2.26. The van der Waals surface area contributed by atoms with Gasteiger partial charge in [0.05, 0.1) is 4.47 Å². The van der Waals surface area contributed by atoms with E-state index in [0.29, 0.717) is 10.0 Å². The molecule has 18 heavy (non-hydrogen) atoms. The smallest absolute Gasteiger partial charge is 0.426 e. The van der Waals surface area contributed by atoms with Gasteiger partial charge in [0.2, 0.25) is 6.10 Å². The summed E-state index contributed by atoms with van der Waals surface area (Å²) in [6, 6.07) is 4.73. The van der Waals surface area contributed by atoms with Crippen LogP contribution in [0.4, 0.5) is 13.2 Å². The summed E-state index contributed by atoms with van der Waals surface area (Å²) in [7, 11) is 0. The third kappa shape index (κ3) is 2.31. The van der Waals surface area contributed by atoms with Crippen LogP contribution in [0.2, 0.25) is 0 Å². The molecule has 2 atom stereocenters. The Morgan fingerprint density at radius 2 is 2.11 bits per heavy atom. The zero-order chi connectivity index (χ0) is 13.5. The second kappa shape index (κ2) is 4.46. The summed E-state index contributed by atoms with van der Waals surface area (Å²) in [6.07, 6.45) is -7.23. The van der Waals surface area contributed by atoms with Crippen LogP contribution < -0.4 is 4.74 Å². The molecule has 0 amide bonds. The fraction of sp³-hybridized carbons (Fsp3) is 0.364. The molecule has 1 aliphatic heterocycles. The topological polar surface area (TPSA) is 46.5 Å². The molecular weight excluding hydrogens is 317 g/mol. The van der Waals surface area contributed by atoms with Crippen LogP contribution in [0.25, 0.3) is 0 Å². The Labute approximate surface area is 109 Å². The first-order valence-corrected chi connectivity index (χ1v) is 5.83. The second-order valence-corrected chi connectivity index (χ2v) is 4.81. The van der Waals surface area contributed by atoms with Gasteiger partial charge in [-0.15, -0.1) is 0 Å². The minimum Gasteiger partial charge on any atom is -0.481 e. The van der Waals surface area contributed by atoms with Crippen molar-refractivity contribution < 1.29 is 27.8 Å². The van der Waals surface area contributed by atoms with Gasteiger partial charge in [0.25, 0.3) is 0 Å². The van der Waals surface area contributed by atoms with Gasteiger partial charge in [-0.3, -0.25) is 4.79 Å². The van der Waals surface area contributed by atoms with Crippen molar-refractivity contribution in [1.29, 1.82) is 0 Å². The van der Waals surface area contributed by atoms with E-state index < -0.39 is 24.2 Å². The van der Waals surface area contributed by atoms with Crippen molar-refractivity contribution in [3.05, 3.63) is 28.2 Å². The minimum atomic E-state index is -4.71. The van der Waals surface area contributed by atoms with Gasteiger partial charge in [-0.05, 0) is 34.0 Å². The van der Waals surface area contributed by atoms with Gasteiger partial charge >= 0.3 is 12.1 Å². The highest BCUT2D eigenvalue weighted by atomic mass is 79.9. The maximum Gasteiger partial charge on any atom is 0.426 e. The normalized spacial score (nSPS) is 23.1. The standard InChI is InChI=1S/C11H8BrF3O3/c12-7-3-1-2-5-4-6(10(16)17)9(11(13,14)15)18-8(5)7/h1-3,6,9H,4H2,(H,16,17). The SMILES string of the molecule is O=C(O)C1Cc2cccc(Br)c2OC1C(F)(F)F. The molecule has 1 aromatic rings. The summed E-state index contributed by atoms with van der Waals surface area (Å²) in [6.45, 7) is 0. The third-order valence-electron chi connectivity index (χ3n) is 2.74. The van der Waals surface area contributed by atoms with Crippen molar-refractivity contribution in [2.45, 2.75) is 18.7 Å². The molecule has 0 aliphatic carbocycles. The number of carbonyl (C=O) groups is 1. The molecule has 98 valence electrons. The van der Waals surface area contributed by atoms with E-state index in [2.05, 4.69) is 15.9 Å². The molecule has 1 aromatic carbocycles. The first-order valence-electron chi connectivity index (χ1n) is 5.04. The Hall–Kier alpha value is -1.24. The van der Waals surface area contributed by atoms with Crippen LogP contribution in [0, 0.1) is 5.92 Å². The van der Waals surface area contributed by atoms with Gasteiger partial charge in [-0.25, -0.2) is 0 Å². The van der Waals surface area contributed by atoms with Crippen LogP contribution in [-0.4, -0.2) is 23.4 Å². The number of carboxylic acids is 1. The zero-order valence-electron chi connectivity index (χ0n) is 8.87. The predicted molar refractivity (Wildman–Crippen MR) is 59.4 cm³/mol. The number of aliphatic carboxylic acids is 1. The van der Waals surface area contributed by atoms with E-state index in [4.69, 9.17) is 9.84 Å². The van der Waals surface area contributed by atoms with Gasteiger partial charge in [0, 0.05) is 0 Å². The van der Waals surface area contributed by atoms with E-state index in [1.54, 1.807) is 18.2 Å². The molecule has 0 radical (unpaired) electrons. The molecule has 1 N–H and O–H groups in total. The van der Waals surface area contributed by atoms with Crippen molar-refractivity contribution >= 4 is 21.9 Å². The van der Waals surface area contributed by atoms with Crippen LogP contribution in [0.5, 0.6) is 5.75 Å². The fourth-order valence-electron chi connectivity index (χ4n) is 1.91. The highest BCUT2D eigenvalue weighted by Gasteiger charge is 2.52. The van der Waals surface area contributed by atoms with Crippen LogP contribution in [0.3, 0.4) is 0 Å². The summed E-state index contributed by atoms with van der Waals surface area (Å²) in [5, 5.41) is 8.88. The summed E-state index contributed by atoms with van der Waals surface area (Å²) < 4.78 is 43.6. The van der Waals surface area contributed by atoms with Crippen molar-refractivity contribution in [2.75, 3.05) is 0 Å². The lowest BCUT2D eigenvalue weighted by molar-refractivity contribution is -0.217. The number of benzene rings is 1. The highest BCUT2D eigenvalue weighted by Crippen LogP contribution is 2.41. The van der Waals surface area contributed by atoms with Gasteiger partial charge in [-0.1, -0.05) is 12.1 Å². The minimum absolute atomic E-state index is 0.0670. The zero-order valence-corrected chi connectivity index (χ0v) is 10.5. The molecule has 2 rings (SSSR count). The molecule has 2 unspecified atom stereocenters. The summed E-state index contributed by atoms with van der Waals surface area (Å²) in [5.41, 5.74) is 0.456. The van der Waals surface area contributed by atoms with Crippen LogP contribution in [0.1, 0.15) is 5.56 Å². The van der Waals surface area contributed by atoms with E-state index in [-0.39, 0.29) is 12.2 Å². The van der Waals surface area contributed by atoms with Gasteiger partial charge in [0.15, 0.2) is 0 Å². The summed E-state index contributed by atoms with van der Waals surface area (Å²) in [5.74, 6) is -3.06. The Morgan fingerprint density at radius 1 is 1.44 bits per heavy atom. The fourth-order valence-corrected chi connectivity index (χ4v) is 2.41. The first-order chi connectivity index (χ1) is 8.30. The maximum atomic E-state index is 12.8. The molecule has 7 heteroatoms. The van der Waals surface area contributed by atoms with Crippen LogP contribution in [0.15, 0.2) is 22.7 Å². The van der Waals surface area contributed by atoms with E-state index in [0.717, 1.165) is 0 Å². The number of hydrogen-bond donors (Lipinski definition) is 1. The number of carboxylic acid groups (broad SMARTS) is 1. The maximum absolute atomic E-state index is 12.8. The predicted octanol–water partition coefficient (Wildman–Crippen LogP) is 3.02. The van der Waals surface area contributed by atoms with E-state index >= 15 is 0 Å². The highest BCUT2D eigenvalue weighted by molar-refractivity contribution is 9.10. The third-order valence-corrected chi connectivity index (χ3v) is 3.36. The largest absolute Gasteiger partial charge is 0.481 e. The van der Waals surface area contributed by atoms with Crippen molar-refractivity contribution in [3.8, 4) is 5.75 Å². The van der Waals surface area contributed by atoms with E-state index in [1.807, 2.05) is 0 Å². The Morgan fingerprint density at radius 3 is 2.67 bits per heavy atom. The second-order valence-electron chi connectivity index (χ2n) is 3.96. The number of hydrogen-bond acceptors (Lipinski definition) is 2. The first kappa shape index (κ1) is 13.2. The molecule has 0 spiro atoms.